The molecule has 0 spiro atoms. The quantitative estimate of drug-likeness (QED) is 0.395. The zero-order valence-corrected chi connectivity index (χ0v) is 16.8. The second-order valence-electron chi connectivity index (χ2n) is 6.69. The van der Waals surface area contributed by atoms with E-state index >= 15 is 0 Å². The molecule has 29 heavy (non-hydrogen) atoms. The lowest BCUT2D eigenvalue weighted by molar-refractivity contribution is 0.413. The number of methoxy groups -OCH3 is 3. The van der Waals surface area contributed by atoms with Gasteiger partial charge in [0.05, 0.1) is 21.3 Å². The predicted molar refractivity (Wildman–Crippen MR) is 123 cm³/mol. The van der Waals surface area contributed by atoms with E-state index in [2.05, 4.69) is 72.8 Å². The Morgan fingerprint density at radius 2 is 0.897 bits per heavy atom. The van der Waals surface area contributed by atoms with Crippen LogP contribution in [0.5, 0.6) is 17.2 Å². The Morgan fingerprint density at radius 1 is 0.586 bits per heavy atom. The van der Waals surface area contributed by atoms with Crippen molar-refractivity contribution in [3.05, 3.63) is 89.5 Å². The smallest absolute Gasteiger partial charge is 0.118 e. The van der Waals surface area contributed by atoms with Crippen LogP contribution in [0.25, 0.3) is 0 Å². The zero-order chi connectivity index (χ0) is 20.7. The normalized spacial score (nSPS) is 11.2. The van der Waals surface area contributed by atoms with Gasteiger partial charge in [-0.3, -0.25) is 0 Å². The highest BCUT2D eigenvalue weighted by molar-refractivity contribution is 6.08. The molecule has 0 heterocycles. The van der Waals surface area contributed by atoms with Crippen molar-refractivity contribution in [1.29, 1.82) is 0 Å². The first-order valence-corrected chi connectivity index (χ1v) is 9.40. The Bertz CT molecular complexity index is 771. The fraction of sp³-hybridized carbons (Fsp3) is 0.280. The summed E-state index contributed by atoms with van der Waals surface area (Å²) in [6, 6.07) is 25.6. The molecule has 0 fully saturated rings. The lowest BCUT2D eigenvalue weighted by Gasteiger charge is -2.37. The molecule has 0 N–H and O–H groups in total. The maximum Gasteiger partial charge on any atom is 0.118 e. The summed E-state index contributed by atoms with van der Waals surface area (Å²) in [5.74, 6) is 2.63. The second kappa shape index (κ2) is 9.55. The molecule has 0 aliphatic heterocycles. The molecule has 0 aromatic heterocycles. The standard InChI is InChI=1S/C25H30BO3/c1-27-22-11-5-19(6-12-22)25(17-4-18-26,20-7-13-23(28-2)14-8-20)21-9-15-24(29-3)16-10-21/h5-16H,4,17-18H2,1-3,26H3/q-1. The number of ether oxygens (including phenoxy) is 3. The fourth-order valence-corrected chi connectivity index (χ4v) is 3.82. The summed E-state index contributed by atoms with van der Waals surface area (Å²) >= 11 is 0. The Hall–Kier alpha value is -2.88. The summed E-state index contributed by atoms with van der Waals surface area (Å²) < 4.78 is 16.2. The van der Waals surface area contributed by atoms with Crippen LogP contribution >= 0.6 is 0 Å². The highest BCUT2D eigenvalue weighted by Crippen LogP contribution is 2.44. The van der Waals surface area contributed by atoms with Crippen LogP contribution in [-0.4, -0.2) is 29.2 Å². The van der Waals surface area contributed by atoms with Gasteiger partial charge in [-0.2, -0.15) is 6.32 Å². The lowest BCUT2D eigenvalue weighted by Crippen LogP contribution is -2.29. The minimum absolute atomic E-state index is 0.223. The first kappa shape index (κ1) is 20.8. The molecule has 0 aliphatic rings. The molecular formula is C25H30BO3-. The van der Waals surface area contributed by atoms with Gasteiger partial charge < -0.3 is 14.2 Å². The number of benzene rings is 3. The van der Waals surface area contributed by atoms with Crippen LogP contribution in [0.2, 0.25) is 6.32 Å². The maximum atomic E-state index is 5.41. The SMILES string of the molecule is [BH3-]CCCC(c1ccc(OC)cc1)(c1ccc(OC)cc1)c1ccc(OC)cc1. The van der Waals surface area contributed by atoms with Crippen molar-refractivity contribution < 1.29 is 14.2 Å². The van der Waals surface area contributed by atoms with Crippen LogP contribution in [0, 0.1) is 0 Å². The summed E-state index contributed by atoms with van der Waals surface area (Å²) in [6.07, 6.45) is 3.68. The Morgan fingerprint density at radius 3 is 1.14 bits per heavy atom. The Labute approximate surface area is 175 Å². The van der Waals surface area contributed by atoms with Gasteiger partial charge in [-0.15, -0.1) is 0 Å². The summed E-state index contributed by atoms with van der Waals surface area (Å²) in [4.78, 5) is 0. The summed E-state index contributed by atoms with van der Waals surface area (Å²) in [5.41, 5.74) is 3.62. The minimum atomic E-state index is -0.223. The molecule has 0 bridgehead atoms. The van der Waals surface area contributed by atoms with E-state index in [0.717, 1.165) is 23.7 Å². The third kappa shape index (κ3) is 4.27. The van der Waals surface area contributed by atoms with E-state index in [9.17, 15) is 0 Å². The Balaban J connectivity index is 2.23. The molecule has 3 nitrogen and oxygen atoms in total. The van der Waals surface area contributed by atoms with E-state index in [1.54, 1.807) is 21.3 Å². The number of hydrogen-bond donors (Lipinski definition) is 0. The fourth-order valence-electron chi connectivity index (χ4n) is 3.82. The highest BCUT2D eigenvalue weighted by Gasteiger charge is 2.35. The molecule has 0 radical (unpaired) electrons. The molecule has 0 saturated carbocycles. The van der Waals surface area contributed by atoms with Crippen molar-refractivity contribution in [1.82, 2.24) is 0 Å². The third-order valence-corrected chi connectivity index (χ3v) is 5.30. The molecule has 152 valence electrons. The van der Waals surface area contributed by atoms with Crippen LogP contribution in [0.3, 0.4) is 0 Å². The van der Waals surface area contributed by atoms with Gasteiger partial charge in [-0.25, -0.2) is 0 Å². The first-order valence-electron chi connectivity index (χ1n) is 9.40. The van der Waals surface area contributed by atoms with Crippen LogP contribution in [0.4, 0.5) is 0 Å². The summed E-state index contributed by atoms with van der Waals surface area (Å²) in [7, 11) is 5.51. The molecule has 0 unspecified atom stereocenters. The van der Waals surface area contributed by atoms with Crippen LogP contribution < -0.4 is 14.2 Å². The van der Waals surface area contributed by atoms with E-state index in [0.29, 0.717) is 7.85 Å². The summed E-state index contributed by atoms with van der Waals surface area (Å²) in [6.45, 7) is 0. The Kier molecular flexibility index (Phi) is 6.87. The van der Waals surface area contributed by atoms with Gasteiger partial charge in [0.15, 0.2) is 0 Å². The van der Waals surface area contributed by atoms with Crippen molar-refractivity contribution in [2.24, 2.45) is 0 Å². The van der Waals surface area contributed by atoms with Gasteiger partial charge in [-0.1, -0.05) is 42.8 Å². The van der Waals surface area contributed by atoms with Crippen molar-refractivity contribution in [2.45, 2.75) is 24.6 Å². The van der Waals surface area contributed by atoms with Crippen molar-refractivity contribution in [2.75, 3.05) is 21.3 Å². The topological polar surface area (TPSA) is 27.7 Å². The first-order chi connectivity index (χ1) is 14.2. The predicted octanol–water partition coefficient (Wildman–Crippen LogP) is 4.61. The van der Waals surface area contributed by atoms with Gasteiger partial charge in [-0.05, 0) is 67.4 Å². The van der Waals surface area contributed by atoms with Gasteiger partial charge >= 0.3 is 0 Å². The minimum Gasteiger partial charge on any atom is -0.497 e. The highest BCUT2D eigenvalue weighted by atomic mass is 16.5. The van der Waals surface area contributed by atoms with E-state index in [1.807, 2.05) is 0 Å². The number of rotatable bonds is 9. The second-order valence-corrected chi connectivity index (χ2v) is 6.69. The van der Waals surface area contributed by atoms with Crippen molar-refractivity contribution >= 4 is 7.85 Å². The maximum absolute atomic E-state index is 5.41. The summed E-state index contributed by atoms with van der Waals surface area (Å²) in [5, 5.41) is 0. The van der Waals surface area contributed by atoms with Crippen LogP contribution in [-0.2, 0) is 5.41 Å². The van der Waals surface area contributed by atoms with E-state index in [4.69, 9.17) is 14.2 Å². The average Bonchev–Trinajstić information content (AvgIpc) is 2.80. The lowest BCUT2D eigenvalue weighted by atomic mass is 9.66. The molecule has 0 atom stereocenters. The monoisotopic (exact) mass is 389 g/mol. The average molecular weight is 389 g/mol. The van der Waals surface area contributed by atoms with E-state index in [1.165, 1.54) is 29.4 Å². The van der Waals surface area contributed by atoms with Gasteiger partial charge in [0.2, 0.25) is 0 Å². The molecule has 0 amide bonds. The van der Waals surface area contributed by atoms with Crippen LogP contribution in [0.1, 0.15) is 29.5 Å². The largest absolute Gasteiger partial charge is 0.497 e. The van der Waals surface area contributed by atoms with Gasteiger partial charge in [0.25, 0.3) is 0 Å². The molecule has 3 rings (SSSR count). The van der Waals surface area contributed by atoms with Crippen LogP contribution in [0.15, 0.2) is 72.8 Å². The van der Waals surface area contributed by atoms with Gasteiger partial charge in [0.1, 0.15) is 17.2 Å². The molecule has 3 aromatic carbocycles. The van der Waals surface area contributed by atoms with E-state index < -0.39 is 0 Å². The zero-order valence-electron chi connectivity index (χ0n) is 16.8. The molecule has 0 saturated heterocycles. The van der Waals surface area contributed by atoms with Crippen molar-refractivity contribution in [3.63, 3.8) is 0 Å². The molecule has 0 aliphatic carbocycles. The van der Waals surface area contributed by atoms with Gasteiger partial charge in [0, 0.05) is 5.41 Å². The van der Waals surface area contributed by atoms with E-state index in [-0.39, 0.29) is 5.41 Å². The van der Waals surface area contributed by atoms with Crippen molar-refractivity contribution in [3.8, 4) is 17.2 Å². The molecular weight excluding hydrogens is 359 g/mol. The molecule has 3 aromatic rings. The third-order valence-electron chi connectivity index (χ3n) is 5.30. The molecule has 4 heteroatoms. The number of hydrogen-bond acceptors (Lipinski definition) is 3.